The second kappa shape index (κ2) is 3.74. The van der Waals surface area contributed by atoms with Crippen molar-refractivity contribution in [3.63, 3.8) is 0 Å². The van der Waals surface area contributed by atoms with Crippen LogP contribution in [0.4, 0.5) is 0 Å². The summed E-state index contributed by atoms with van der Waals surface area (Å²) in [4.78, 5) is 11.2. The van der Waals surface area contributed by atoms with Crippen LogP contribution in [0, 0.1) is 0 Å². The monoisotopic (exact) mass is 204 g/mol. The molecule has 2 aromatic rings. The van der Waals surface area contributed by atoms with Gasteiger partial charge in [-0.3, -0.25) is 4.79 Å². The predicted molar refractivity (Wildman–Crippen MR) is 57.5 cm³/mol. The van der Waals surface area contributed by atoms with Crippen LogP contribution in [-0.2, 0) is 6.54 Å². The standard InChI is InChI=1S/C11H12N2O2/c12-11(15)10-7-8-3-1-2-4-9(8)13(10)5-6-14/h1-4,7,14H,5-6H2,(H2,12,15). The second-order valence-electron chi connectivity index (χ2n) is 3.33. The summed E-state index contributed by atoms with van der Waals surface area (Å²) in [6.07, 6.45) is 0. The maximum Gasteiger partial charge on any atom is 0.265 e. The lowest BCUT2D eigenvalue weighted by molar-refractivity contribution is 0.0991. The normalized spacial score (nSPS) is 10.7. The van der Waals surface area contributed by atoms with Gasteiger partial charge in [-0.2, -0.15) is 0 Å². The molecule has 78 valence electrons. The number of nitrogens with zero attached hydrogens (tertiary/aromatic N) is 1. The fourth-order valence-electron chi connectivity index (χ4n) is 1.76. The molecule has 0 aliphatic carbocycles. The SMILES string of the molecule is NC(=O)c1cc2ccccc2n1CCO. The zero-order valence-electron chi connectivity index (χ0n) is 8.18. The number of aliphatic hydroxyl groups is 1. The van der Waals surface area contributed by atoms with Crippen LogP contribution in [-0.4, -0.2) is 22.2 Å². The van der Waals surface area contributed by atoms with E-state index in [-0.39, 0.29) is 6.61 Å². The van der Waals surface area contributed by atoms with Gasteiger partial charge in [0.05, 0.1) is 6.61 Å². The van der Waals surface area contributed by atoms with Gasteiger partial charge in [-0.15, -0.1) is 0 Å². The Labute approximate surface area is 86.9 Å². The van der Waals surface area contributed by atoms with Crippen LogP contribution in [0.3, 0.4) is 0 Å². The van der Waals surface area contributed by atoms with Gasteiger partial charge in [-0.1, -0.05) is 18.2 Å². The maximum absolute atomic E-state index is 11.2. The minimum atomic E-state index is -0.473. The van der Waals surface area contributed by atoms with E-state index in [0.29, 0.717) is 12.2 Å². The summed E-state index contributed by atoms with van der Waals surface area (Å²) in [5, 5.41) is 9.89. The third-order valence-corrected chi connectivity index (χ3v) is 2.39. The van der Waals surface area contributed by atoms with E-state index in [9.17, 15) is 4.79 Å². The number of para-hydroxylation sites is 1. The summed E-state index contributed by atoms with van der Waals surface area (Å²) >= 11 is 0. The Balaban J connectivity index is 2.68. The predicted octanol–water partition coefficient (Wildman–Crippen LogP) is 0.732. The van der Waals surface area contributed by atoms with Gasteiger partial charge in [0.2, 0.25) is 0 Å². The number of nitrogens with two attached hydrogens (primary N) is 1. The number of primary amides is 1. The van der Waals surface area contributed by atoms with Crippen LogP contribution in [0.1, 0.15) is 10.5 Å². The fraction of sp³-hybridized carbons (Fsp3) is 0.182. The van der Waals surface area contributed by atoms with Crippen molar-refractivity contribution >= 4 is 16.8 Å². The molecular formula is C11H12N2O2. The minimum absolute atomic E-state index is 0.0149. The smallest absolute Gasteiger partial charge is 0.265 e. The average Bonchev–Trinajstić information content (AvgIpc) is 2.58. The molecule has 1 aromatic heterocycles. The van der Waals surface area contributed by atoms with Gasteiger partial charge in [0.15, 0.2) is 0 Å². The Morgan fingerprint density at radius 1 is 1.40 bits per heavy atom. The summed E-state index contributed by atoms with van der Waals surface area (Å²) in [5.74, 6) is -0.473. The molecule has 0 atom stereocenters. The van der Waals surface area contributed by atoms with Gasteiger partial charge < -0.3 is 15.4 Å². The third kappa shape index (κ3) is 1.59. The molecule has 0 radical (unpaired) electrons. The van der Waals surface area contributed by atoms with Gasteiger partial charge >= 0.3 is 0 Å². The third-order valence-electron chi connectivity index (χ3n) is 2.39. The van der Waals surface area contributed by atoms with Crippen molar-refractivity contribution in [2.45, 2.75) is 6.54 Å². The van der Waals surface area contributed by atoms with Gasteiger partial charge in [0.25, 0.3) is 5.91 Å². The molecule has 0 bridgehead atoms. The molecule has 1 amide bonds. The Morgan fingerprint density at radius 3 is 2.80 bits per heavy atom. The number of aliphatic hydroxyl groups excluding tert-OH is 1. The number of hydrogen-bond donors (Lipinski definition) is 2. The van der Waals surface area contributed by atoms with Crippen molar-refractivity contribution in [2.75, 3.05) is 6.61 Å². The molecule has 3 N–H and O–H groups in total. The first-order valence-electron chi connectivity index (χ1n) is 4.73. The summed E-state index contributed by atoms with van der Waals surface area (Å²) in [5.41, 5.74) is 6.62. The van der Waals surface area contributed by atoms with E-state index >= 15 is 0 Å². The van der Waals surface area contributed by atoms with E-state index in [4.69, 9.17) is 10.8 Å². The van der Waals surface area contributed by atoms with Gasteiger partial charge in [-0.05, 0) is 12.1 Å². The average molecular weight is 204 g/mol. The van der Waals surface area contributed by atoms with Crippen LogP contribution >= 0.6 is 0 Å². The molecule has 0 aliphatic heterocycles. The van der Waals surface area contributed by atoms with Crippen molar-refractivity contribution < 1.29 is 9.90 Å². The van der Waals surface area contributed by atoms with E-state index in [1.165, 1.54) is 0 Å². The van der Waals surface area contributed by atoms with Crippen molar-refractivity contribution in [3.8, 4) is 0 Å². The maximum atomic E-state index is 11.2. The summed E-state index contributed by atoms with van der Waals surface area (Å²) < 4.78 is 1.73. The molecule has 0 spiro atoms. The molecule has 0 saturated carbocycles. The van der Waals surface area contributed by atoms with E-state index in [1.54, 1.807) is 10.6 Å². The number of fused-ring (bicyclic) bond motifs is 1. The highest BCUT2D eigenvalue weighted by molar-refractivity contribution is 5.97. The van der Waals surface area contributed by atoms with Crippen molar-refractivity contribution in [1.29, 1.82) is 0 Å². The summed E-state index contributed by atoms with van der Waals surface area (Å²) in [6, 6.07) is 9.35. The zero-order valence-corrected chi connectivity index (χ0v) is 8.18. The molecule has 0 aliphatic rings. The van der Waals surface area contributed by atoms with Crippen LogP contribution < -0.4 is 5.73 Å². The molecule has 2 rings (SSSR count). The molecule has 0 unspecified atom stereocenters. The zero-order chi connectivity index (χ0) is 10.8. The lowest BCUT2D eigenvalue weighted by Gasteiger charge is -2.05. The molecule has 1 heterocycles. The van der Waals surface area contributed by atoms with E-state index < -0.39 is 5.91 Å². The Hall–Kier alpha value is -1.81. The first-order chi connectivity index (χ1) is 7.24. The molecule has 0 fully saturated rings. The van der Waals surface area contributed by atoms with Crippen LogP contribution in [0.25, 0.3) is 10.9 Å². The van der Waals surface area contributed by atoms with Crippen LogP contribution in [0.2, 0.25) is 0 Å². The first-order valence-corrected chi connectivity index (χ1v) is 4.73. The highest BCUT2D eigenvalue weighted by Gasteiger charge is 2.11. The van der Waals surface area contributed by atoms with Gasteiger partial charge in [0, 0.05) is 17.4 Å². The molecule has 1 aromatic carbocycles. The quantitative estimate of drug-likeness (QED) is 0.774. The molecule has 15 heavy (non-hydrogen) atoms. The number of aromatic nitrogens is 1. The number of hydrogen-bond acceptors (Lipinski definition) is 2. The van der Waals surface area contributed by atoms with Crippen LogP contribution in [0.15, 0.2) is 30.3 Å². The van der Waals surface area contributed by atoms with Crippen molar-refractivity contribution in [1.82, 2.24) is 4.57 Å². The van der Waals surface area contributed by atoms with Gasteiger partial charge in [-0.25, -0.2) is 0 Å². The highest BCUT2D eigenvalue weighted by Crippen LogP contribution is 2.19. The van der Waals surface area contributed by atoms with Crippen molar-refractivity contribution in [3.05, 3.63) is 36.0 Å². The van der Waals surface area contributed by atoms with Crippen LogP contribution in [0.5, 0.6) is 0 Å². The Bertz CT molecular complexity index is 502. The van der Waals surface area contributed by atoms with E-state index in [0.717, 1.165) is 10.9 Å². The molecule has 4 nitrogen and oxygen atoms in total. The minimum Gasteiger partial charge on any atom is -0.395 e. The number of carbonyl (C=O) groups is 1. The number of benzene rings is 1. The first kappa shape index (κ1) is 9.73. The second-order valence-corrected chi connectivity index (χ2v) is 3.33. The highest BCUT2D eigenvalue weighted by atomic mass is 16.3. The Kier molecular flexibility index (Phi) is 2.43. The number of amides is 1. The molecule has 0 saturated heterocycles. The Morgan fingerprint density at radius 2 is 2.13 bits per heavy atom. The largest absolute Gasteiger partial charge is 0.395 e. The lowest BCUT2D eigenvalue weighted by atomic mass is 10.2. The summed E-state index contributed by atoms with van der Waals surface area (Å²) in [7, 11) is 0. The number of carbonyl (C=O) groups excluding carboxylic acids is 1. The van der Waals surface area contributed by atoms with E-state index in [1.807, 2.05) is 24.3 Å². The van der Waals surface area contributed by atoms with E-state index in [2.05, 4.69) is 0 Å². The topological polar surface area (TPSA) is 68.2 Å². The number of rotatable bonds is 3. The summed E-state index contributed by atoms with van der Waals surface area (Å²) in [6.45, 7) is 0.366. The fourth-order valence-corrected chi connectivity index (χ4v) is 1.76. The van der Waals surface area contributed by atoms with Gasteiger partial charge in [0.1, 0.15) is 5.69 Å². The van der Waals surface area contributed by atoms with Crippen molar-refractivity contribution in [2.24, 2.45) is 5.73 Å². The lowest BCUT2D eigenvalue weighted by Crippen LogP contribution is -2.17. The molecule has 4 heteroatoms. The molecular weight excluding hydrogens is 192 g/mol.